The molecule has 0 fully saturated rings. The summed E-state index contributed by atoms with van der Waals surface area (Å²) in [4.78, 5) is 0. The molecule has 3 heteroatoms. The molecule has 0 bridgehead atoms. The van der Waals surface area contributed by atoms with Gasteiger partial charge in [-0.15, -0.1) is 0 Å². The number of hydrogen-bond acceptors (Lipinski definition) is 2. The summed E-state index contributed by atoms with van der Waals surface area (Å²) >= 11 is 3.50. The van der Waals surface area contributed by atoms with Crippen LogP contribution in [0.25, 0.3) is 0 Å². The molecule has 1 rings (SSSR count). The minimum atomic E-state index is 0.173. The highest BCUT2D eigenvalue weighted by Crippen LogP contribution is 2.29. The Morgan fingerprint density at radius 3 is 2.53 bits per heavy atom. The van der Waals surface area contributed by atoms with Gasteiger partial charge in [-0.25, -0.2) is 0 Å². The standard InChI is InChI=1S/C14H22BrNO/c1-5-14(2,3)13(16)9-10-6-7-12(17-4)11(15)8-10/h6-8,13H,5,9,16H2,1-4H3. The monoisotopic (exact) mass is 299 g/mol. The number of ether oxygens (including phenoxy) is 1. The molecule has 17 heavy (non-hydrogen) atoms. The number of methoxy groups -OCH3 is 1. The molecule has 0 saturated heterocycles. The van der Waals surface area contributed by atoms with Crippen LogP contribution in [-0.4, -0.2) is 13.2 Å². The smallest absolute Gasteiger partial charge is 0.133 e. The van der Waals surface area contributed by atoms with Crippen LogP contribution in [0, 0.1) is 5.41 Å². The first kappa shape index (κ1) is 14.5. The van der Waals surface area contributed by atoms with Crippen molar-refractivity contribution in [1.29, 1.82) is 0 Å². The predicted molar refractivity (Wildman–Crippen MR) is 76.4 cm³/mol. The molecule has 2 nitrogen and oxygen atoms in total. The first-order valence-electron chi connectivity index (χ1n) is 5.98. The molecule has 2 N–H and O–H groups in total. The summed E-state index contributed by atoms with van der Waals surface area (Å²) in [7, 11) is 1.67. The van der Waals surface area contributed by atoms with E-state index < -0.39 is 0 Å². The number of benzene rings is 1. The number of nitrogens with two attached hydrogens (primary N) is 1. The third kappa shape index (κ3) is 3.71. The first-order valence-corrected chi connectivity index (χ1v) is 6.78. The van der Waals surface area contributed by atoms with Gasteiger partial charge in [0.25, 0.3) is 0 Å². The Hall–Kier alpha value is -0.540. The summed E-state index contributed by atoms with van der Waals surface area (Å²) < 4.78 is 6.20. The van der Waals surface area contributed by atoms with Crippen LogP contribution in [0.2, 0.25) is 0 Å². The summed E-state index contributed by atoms with van der Waals surface area (Å²) in [5.41, 5.74) is 7.68. The Kier molecular flexibility index (Phi) is 5.02. The van der Waals surface area contributed by atoms with Crippen LogP contribution >= 0.6 is 15.9 Å². The average Bonchev–Trinajstić information content (AvgIpc) is 2.29. The molecule has 0 aliphatic heterocycles. The van der Waals surface area contributed by atoms with Crippen molar-refractivity contribution >= 4 is 15.9 Å². The maximum atomic E-state index is 6.27. The van der Waals surface area contributed by atoms with Crippen molar-refractivity contribution in [3.63, 3.8) is 0 Å². The topological polar surface area (TPSA) is 35.2 Å². The fourth-order valence-electron chi connectivity index (χ4n) is 1.63. The maximum Gasteiger partial charge on any atom is 0.133 e. The van der Waals surface area contributed by atoms with Gasteiger partial charge in [0.05, 0.1) is 11.6 Å². The molecular formula is C14H22BrNO. The van der Waals surface area contributed by atoms with Gasteiger partial charge in [0, 0.05) is 6.04 Å². The van der Waals surface area contributed by atoms with Gasteiger partial charge in [-0.1, -0.05) is 26.8 Å². The van der Waals surface area contributed by atoms with E-state index >= 15 is 0 Å². The molecule has 0 aliphatic rings. The molecule has 1 aromatic rings. The fourth-order valence-corrected chi connectivity index (χ4v) is 2.22. The van der Waals surface area contributed by atoms with E-state index in [1.54, 1.807) is 7.11 Å². The van der Waals surface area contributed by atoms with Gasteiger partial charge in [-0.3, -0.25) is 0 Å². The highest BCUT2D eigenvalue weighted by molar-refractivity contribution is 9.10. The molecule has 1 aromatic carbocycles. The Morgan fingerprint density at radius 2 is 2.06 bits per heavy atom. The lowest BCUT2D eigenvalue weighted by Crippen LogP contribution is -2.38. The van der Waals surface area contributed by atoms with Gasteiger partial charge in [0.15, 0.2) is 0 Å². The molecule has 96 valence electrons. The van der Waals surface area contributed by atoms with E-state index in [1.807, 2.05) is 6.07 Å². The summed E-state index contributed by atoms with van der Waals surface area (Å²) in [6.45, 7) is 6.62. The van der Waals surface area contributed by atoms with Gasteiger partial charge in [-0.2, -0.15) is 0 Å². The Morgan fingerprint density at radius 1 is 1.41 bits per heavy atom. The minimum absolute atomic E-state index is 0.173. The second kappa shape index (κ2) is 5.87. The van der Waals surface area contributed by atoms with Crippen LogP contribution < -0.4 is 10.5 Å². The Balaban J connectivity index is 2.79. The number of rotatable bonds is 5. The highest BCUT2D eigenvalue weighted by atomic mass is 79.9. The largest absolute Gasteiger partial charge is 0.496 e. The Bertz CT molecular complexity index is 376. The molecule has 0 heterocycles. The second-order valence-corrected chi connectivity index (χ2v) is 5.98. The van der Waals surface area contributed by atoms with Crippen molar-refractivity contribution in [3.8, 4) is 5.75 Å². The van der Waals surface area contributed by atoms with Gasteiger partial charge < -0.3 is 10.5 Å². The maximum absolute atomic E-state index is 6.27. The molecule has 1 atom stereocenters. The van der Waals surface area contributed by atoms with Crippen molar-refractivity contribution in [1.82, 2.24) is 0 Å². The van der Waals surface area contributed by atoms with E-state index in [-0.39, 0.29) is 11.5 Å². The zero-order valence-corrected chi connectivity index (χ0v) is 12.7. The predicted octanol–water partition coefficient (Wildman–Crippen LogP) is 3.76. The third-order valence-corrected chi connectivity index (χ3v) is 4.21. The van der Waals surface area contributed by atoms with E-state index in [9.17, 15) is 0 Å². The SMILES string of the molecule is CCC(C)(C)C(N)Cc1ccc(OC)c(Br)c1. The average molecular weight is 300 g/mol. The lowest BCUT2D eigenvalue weighted by molar-refractivity contribution is 0.272. The van der Waals surface area contributed by atoms with Gasteiger partial charge in [-0.05, 0) is 51.9 Å². The highest BCUT2D eigenvalue weighted by Gasteiger charge is 2.24. The van der Waals surface area contributed by atoms with Crippen LogP contribution in [-0.2, 0) is 6.42 Å². The van der Waals surface area contributed by atoms with E-state index in [0.29, 0.717) is 0 Å². The summed E-state index contributed by atoms with van der Waals surface area (Å²) in [6.07, 6.45) is 1.98. The van der Waals surface area contributed by atoms with E-state index in [2.05, 4.69) is 48.8 Å². The van der Waals surface area contributed by atoms with Crippen LogP contribution in [0.15, 0.2) is 22.7 Å². The van der Waals surface area contributed by atoms with Crippen LogP contribution in [0.3, 0.4) is 0 Å². The third-order valence-electron chi connectivity index (χ3n) is 3.59. The van der Waals surface area contributed by atoms with Crippen LogP contribution in [0.5, 0.6) is 5.75 Å². The lowest BCUT2D eigenvalue weighted by Gasteiger charge is -2.30. The van der Waals surface area contributed by atoms with Crippen LogP contribution in [0.1, 0.15) is 32.8 Å². The molecule has 0 spiro atoms. The molecule has 1 unspecified atom stereocenters. The van der Waals surface area contributed by atoms with E-state index in [0.717, 1.165) is 23.1 Å². The Labute approximate surface area is 113 Å². The molecule has 0 aliphatic carbocycles. The second-order valence-electron chi connectivity index (χ2n) is 5.12. The fraction of sp³-hybridized carbons (Fsp3) is 0.571. The van der Waals surface area contributed by atoms with Crippen molar-refractivity contribution in [2.24, 2.45) is 11.1 Å². The first-order chi connectivity index (χ1) is 7.90. The molecule has 0 radical (unpaired) electrons. The summed E-state index contributed by atoms with van der Waals surface area (Å²) in [5.74, 6) is 0.858. The normalized spacial score (nSPS) is 13.5. The molecule has 0 amide bonds. The van der Waals surface area contributed by atoms with Gasteiger partial charge >= 0.3 is 0 Å². The number of halogens is 1. The number of hydrogen-bond donors (Lipinski definition) is 1. The molecule has 0 aromatic heterocycles. The summed E-state index contributed by atoms with van der Waals surface area (Å²) in [6, 6.07) is 6.32. The van der Waals surface area contributed by atoms with Crippen molar-refractivity contribution in [3.05, 3.63) is 28.2 Å². The van der Waals surface area contributed by atoms with Crippen molar-refractivity contribution in [2.75, 3.05) is 7.11 Å². The molecule has 0 saturated carbocycles. The van der Waals surface area contributed by atoms with Gasteiger partial charge in [0.2, 0.25) is 0 Å². The van der Waals surface area contributed by atoms with E-state index in [1.165, 1.54) is 5.56 Å². The van der Waals surface area contributed by atoms with Crippen molar-refractivity contribution in [2.45, 2.75) is 39.7 Å². The molecular weight excluding hydrogens is 278 g/mol. The quantitative estimate of drug-likeness (QED) is 0.898. The van der Waals surface area contributed by atoms with Gasteiger partial charge in [0.1, 0.15) is 5.75 Å². The van der Waals surface area contributed by atoms with Crippen molar-refractivity contribution < 1.29 is 4.74 Å². The summed E-state index contributed by atoms with van der Waals surface area (Å²) in [5, 5.41) is 0. The van der Waals surface area contributed by atoms with Crippen LogP contribution in [0.4, 0.5) is 0 Å². The lowest BCUT2D eigenvalue weighted by atomic mass is 9.79. The van der Waals surface area contributed by atoms with E-state index in [4.69, 9.17) is 10.5 Å². The zero-order valence-electron chi connectivity index (χ0n) is 11.1. The zero-order chi connectivity index (χ0) is 13.1. The minimum Gasteiger partial charge on any atom is -0.496 e.